The number of anilines is 1. The molecule has 0 spiro atoms. The number of urea groups is 1. The van der Waals surface area contributed by atoms with E-state index in [9.17, 15) is 14.7 Å². The second-order valence-electron chi connectivity index (χ2n) is 9.85. The largest absolute Gasteiger partial charge is 0.478 e. The molecule has 39 heavy (non-hydrogen) atoms. The molecule has 4 aromatic rings. The zero-order valence-electron chi connectivity index (χ0n) is 23.1. The van der Waals surface area contributed by atoms with Crippen LogP contribution in [0.25, 0.3) is 22.2 Å². The number of aromatic carboxylic acids is 1. The van der Waals surface area contributed by atoms with Gasteiger partial charge in [-0.2, -0.15) is 0 Å². The van der Waals surface area contributed by atoms with Crippen LogP contribution in [-0.2, 0) is 13.0 Å². The number of fused-ring (bicyclic) bond motifs is 1. The van der Waals surface area contributed by atoms with Crippen molar-refractivity contribution in [3.8, 4) is 11.1 Å². The molecule has 0 radical (unpaired) electrons. The highest BCUT2D eigenvalue weighted by atomic mass is 16.4. The molecule has 0 aliphatic carbocycles. The first-order valence-corrected chi connectivity index (χ1v) is 13.9. The molecule has 0 atom stereocenters. The Balaban J connectivity index is 1.69. The van der Waals surface area contributed by atoms with E-state index >= 15 is 0 Å². The number of hydrogen-bond acceptors (Lipinski definition) is 3. The smallest absolute Gasteiger partial charge is 0.336 e. The fourth-order valence-corrected chi connectivity index (χ4v) is 4.93. The van der Waals surface area contributed by atoms with Gasteiger partial charge in [-0.3, -0.25) is 4.90 Å². The molecule has 3 aromatic carbocycles. The molecule has 204 valence electrons. The molecule has 0 saturated heterocycles. The number of unbranched alkanes of at least 4 members (excludes halogenated alkanes) is 3. The standard InChI is InChI=1S/C32H38N4O3/c1-4-6-10-20-35(32(39)33-3)25-18-19-28-29(21-25)36(30(34-28)13-7-5-2)22-23-14-16-24(17-15-23)26-11-8-9-12-27(26)31(37)38/h8-9,11-12,14-19,21H,4-7,10,13,20,22H2,1-3H3,(H,33,39)(H,37,38). The van der Waals surface area contributed by atoms with Crippen molar-refractivity contribution in [2.45, 2.75) is 58.9 Å². The van der Waals surface area contributed by atoms with E-state index in [0.717, 1.165) is 72.2 Å². The molecule has 0 unspecified atom stereocenters. The number of nitrogens with zero attached hydrogens (tertiary/aromatic N) is 3. The number of nitrogens with one attached hydrogen (secondary N) is 1. The Bertz CT molecular complexity index is 1430. The van der Waals surface area contributed by atoms with Crippen LogP contribution in [0, 0.1) is 0 Å². The van der Waals surface area contributed by atoms with Gasteiger partial charge in [0.1, 0.15) is 5.82 Å². The van der Waals surface area contributed by atoms with Crippen molar-refractivity contribution >= 4 is 28.7 Å². The van der Waals surface area contributed by atoms with Gasteiger partial charge in [-0.1, -0.05) is 75.6 Å². The lowest BCUT2D eigenvalue weighted by molar-refractivity contribution is 0.0697. The van der Waals surface area contributed by atoms with Crippen LogP contribution < -0.4 is 10.2 Å². The summed E-state index contributed by atoms with van der Waals surface area (Å²) in [5, 5.41) is 12.4. The average molecular weight is 527 g/mol. The second-order valence-corrected chi connectivity index (χ2v) is 9.85. The van der Waals surface area contributed by atoms with Gasteiger partial charge in [0.2, 0.25) is 0 Å². The molecule has 0 aliphatic heterocycles. The molecular weight excluding hydrogens is 488 g/mol. The van der Waals surface area contributed by atoms with Crippen LogP contribution in [0.1, 0.15) is 67.7 Å². The van der Waals surface area contributed by atoms with Crippen molar-refractivity contribution in [3.63, 3.8) is 0 Å². The van der Waals surface area contributed by atoms with Gasteiger partial charge in [0, 0.05) is 32.2 Å². The van der Waals surface area contributed by atoms with Crippen LogP contribution in [0.4, 0.5) is 10.5 Å². The van der Waals surface area contributed by atoms with E-state index < -0.39 is 5.97 Å². The lowest BCUT2D eigenvalue weighted by Gasteiger charge is -2.22. The maximum Gasteiger partial charge on any atom is 0.336 e. The number of carboxylic acids is 1. The number of benzene rings is 3. The van der Waals surface area contributed by atoms with Crippen molar-refractivity contribution in [3.05, 3.63) is 83.7 Å². The minimum Gasteiger partial charge on any atom is -0.478 e. The molecule has 0 aliphatic rings. The van der Waals surface area contributed by atoms with Gasteiger partial charge in [0.25, 0.3) is 0 Å². The summed E-state index contributed by atoms with van der Waals surface area (Å²) in [5.74, 6) is 0.0956. The maximum atomic E-state index is 12.7. The molecule has 1 aromatic heterocycles. The van der Waals surface area contributed by atoms with E-state index in [-0.39, 0.29) is 6.03 Å². The Labute approximate surface area is 230 Å². The first kappa shape index (κ1) is 27.9. The number of aryl methyl sites for hydroxylation is 1. The Hall–Kier alpha value is -4.13. The molecule has 0 saturated carbocycles. The van der Waals surface area contributed by atoms with Gasteiger partial charge in [-0.05, 0) is 53.8 Å². The normalized spacial score (nSPS) is 11.1. The summed E-state index contributed by atoms with van der Waals surface area (Å²) in [4.78, 5) is 31.2. The van der Waals surface area contributed by atoms with Crippen molar-refractivity contribution in [1.29, 1.82) is 0 Å². The van der Waals surface area contributed by atoms with E-state index in [1.807, 2.05) is 41.3 Å². The first-order chi connectivity index (χ1) is 19.0. The molecule has 2 N–H and O–H groups in total. The number of amides is 2. The SMILES string of the molecule is CCCCCN(C(=O)NC)c1ccc2nc(CCCC)n(Cc3ccc(-c4ccccc4C(=O)O)cc3)c2c1. The summed E-state index contributed by atoms with van der Waals surface area (Å²) in [7, 11) is 1.67. The third-order valence-corrected chi connectivity index (χ3v) is 7.08. The minimum absolute atomic E-state index is 0.111. The summed E-state index contributed by atoms with van der Waals surface area (Å²) in [6.45, 7) is 5.63. The Morgan fingerprint density at radius 1 is 0.949 bits per heavy atom. The van der Waals surface area contributed by atoms with Crippen molar-refractivity contribution in [2.75, 3.05) is 18.5 Å². The van der Waals surface area contributed by atoms with E-state index in [0.29, 0.717) is 24.2 Å². The number of carboxylic acid groups (broad SMARTS) is 1. The molecule has 1 heterocycles. The summed E-state index contributed by atoms with van der Waals surface area (Å²) in [5.41, 5.74) is 5.75. The van der Waals surface area contributed by atoms with E-state index in [1.54, 1.807) is 19.2 Å². The Morgan fingerprint density at radius 3 is 2.38 bits per heavy atom. The van der Waals surface area contributed by atoms with Gasteiger partial charge in [0.05, 0.1) is 16.6 Å². The third-order valence-electron chi connectivity index (χ3n) is 7.08. The molecule has 7 heteroatoms. The molecular formula is C32H38N4O3. The maximum absolute atomic E-state index is 12.7. The van der Waals surface area contributed by atoms with Gasteiger partial charge >= 0.3 is 12.0 Å². The summed E-state index contributed by atoms with van der Waals surface area (Å²) < 4.78 is 2.25. The van der Waals surface area contributed by atoms with Gasteiger partial charge in [0.15, 0.2) is 0 Å². The lowest BCUT2D eigenvalue weighted by Crippen LogP contribution is -2.38. The fourth-order valence-electron chi connectivity index (χ4n) is 4.93. The van der Waals surface area contributed by atoms with Crippen LogP contribution in [0.5, 0.6) is 0 Å². The minimum atomic E-state index is -0.934. The van der Waals surface area contributed by atoms with Crippen LogP contribution in [-0.4, -0.2) is 40.3 Å². The molecule has 2 amide bonds. The zero-order valence-corrected chi connectivity index (χ0v) is 23.1. The van der Waals surface area contributed by atoms with E-state index in [1.165, 1.54) is 0 Å². The third kappa shape index (κ3) is 6.48. The fraction of sp³-hybridized carbons (Fsp3) is 0.344. The number of carbonyl (C=O) groups excluding carboxylic acids is 1. The van der Waals surface area contributed by atoms with Crippen LogP contribution in [0.15, 0.2) is 66.7 Å². The summed E-state index contributed by atoms with van der Waals surface area (Å²) >= 11 is 0. The Kier molecular flexibility index (Phi) is 9.36. The number of rotatable bonds is 12. The number of hydrogen-bond donors (Lipinski definition) is 2. The van der Waals surface area contributed by atoms with Crippen LogP contribution >= 0.6 is 0 Å². The van der Waals surface area contributed by atoms with Crippen molar-refractivity contribution < 1.29 is 14.7 Å². The number of carbonyl (C=O) groups is 2. The topological polar surface area (TPSA) is 87.5 Å². The number of imidazole rings is 1. The summed E-state index contributed by atoms with van der Waals surface area (Å²) in [6.07, 6.45) is 6.10. The van der Waals surface area contributed by atoms with Crippen molar-refractivity contribution in [1.82, 2.24) is 14.9 Å². The summed E-state index contributed by atoms with van der Waals surface area (Å²) in [6, 6.07) is 21.1. The Morgan fingerprint density at radius 2 is 1.69 bits per heavy atom. The molecule has 0 fully saturated rings. The van der Waals surface area contributed by atoms with Gasteiger partial charge in [-0.25, -0.2) is 14.6 Å². The molecule has 0 bridgehead atoms. The first-order valence-electron chi connectivity index (χ1n) is 13.9. The van der Waals surface area contributed by atoms with Crippen LogP contribution in [0.2, 0.25) is 0 Å². The predicted molar refractivity (Wildman–Crippen MR) is 158 cm³/mol. The van der Waals surface area contributed by atoms with Crippen molar-refractivity contribution in [2.24, 2.45) is 0 Å². The predicted octanol–water partition coefficient (Wildman–Crippen LogP) is 7.13. The van der Waals surface area contributed by atoms with E-state index in [4.69, 9.17) is 4.98 Å². The number of aromatic nitrogens is 2. The lowest BCUT2D eigenvalue weighted by atomic mass is 9.99. The van der Waals surface area contributed by atoms with Gasteiger partial charge in [-0.15, -0.1) is 0 Å². The average Bonchev–Trinajstić information content (AvgIpc) is 3.30. The zero-order chi connectivity index (χ0) is 27.8. The quantitative estimate of drug-likeness (QED) is 0.192. The molecule has 7 nitrogen and oxygen atoms in total. The van der Waals surface area contributed by atoms with E-state index in [2.05, 4.69) is 41.9 Å². The highest BCUT2D eigenvalue weighted by molar-refractivity contribution is 5.96. The highest BCUT2D eigenvalue weighted by Gasteiger charge is 2.18. The second kappa shape index (κ2) is 13.1. The monoisotopic (exact) mass is 526 g/mol. The molecule has 4 rings (SSSR count). The van der Waals surface area contributed by atoms with Crippen LogP contribution in [0.3, 0.4) is 0 Å². The highest BCUT2D eigenvalue weighted by Crippen LogP contribution is 2.28. The van der Waals surface area contributed by atoms with Gasteiger partial charge < -0.3 is 15.0 Å².